The van der Waals surface area contributed by atoms with Crippen molar-refractivity contribution in [3.8, 4) is 0 Å². The number of carbonyl (C=O) groups excluding carboxylic acids is 1. The van der Waals surface area contributed by atoms with Gasteiger partial charge in [-0.05, 0) is 6.42 Å². The maximum atomic E-state index is 12.8. The lowest BCUT2D eigenvalue weighted by atomic mass is 10.0. The minimum atomic E-state index is -0.0510. The molecule has 0 unspecified atom stereocenters. The van der Waals surface area contributed by atoms with Crippen LogP contribution in [-0.2, 0) is 11.2 Å². The number of rotatable bonds is 4. The smallest absolute Gasteiger partial charge is 0.257 e. The molecule has 0 spiro atoms. The Labute approximate surface area is 147 Å². The second-order valence-electron chi connectivity index (χ2n) is 6.58. The lowest BCUT2D eigenvalue weighted by Gasteiger charge is -2.23. The number of nitrogens with zero attached hydrogens (tertiary/aromatic N) is 5. The summed E-state index contributed by atoms with van der Waals surface area (Å²) in [6.07, 6.45) is 9.07. The molecule has 0 bridgehead atoms. The summed E-state index contributed by atoms with van der Waals surface area (Å²) in [7, 11) is 0. The third-order valence-corrected chi connectivity index (χ3v) is 4.17. The van der Waals surface area contributed by atoms with E-state index in [-0.39, 0.29) is 17.7 Å². The van der Waals surface area contributed by atoms with Gasteiger partial charge >= 0.3 is 0 Å². The van der Waals surface area contributed by atoms with Gasteiger partial charge in [0, 0.05) is 55.9 Å². The highest BCUT2D eigenvalue weighted by molar-refractivity contribution is 5.93. The molecule has 0 N–H and O–H groups in total. The van der Waals surface area contributed by atoms with Crippen LogP contribution in [0.1, 0.15) is 41.6 Å². The highest BCUT2D eigenvalue weighted by Gasteiger charge is 2.24. The zero-order chi connectivity index (χ0) is 17.6. The van der Waals surface area contributed by atoms with Gasteiger partial charge in [0.2, 0.25) is 0 Å². The Morgan fingerprint density at radius 3 is 2.72 bits per heavy atom. The van der Waals surface area contributed by atoms with Crippen molar-refractivity contribution < 1.29 is 9.53 Å². The van der Waals surface area contributed by atoms with Crippen LogP contribution in [-0.4, -0.2) is 57.0 Å². The third kappa shape index (κ3) is 4.57. The molecule has 3 rings (SSSR count). The SMILES string of the molecule is CC(C)c1ncc(C(=O)N2CCOC[C@H](Cc3cnccn3)C2)cn1. The summed E-state index contributed by atoms with van der Waals surface area (Å²) >= 11 is 0. The average molecular weight is 341 g/mol. The van der Waals surface area contributed by atoms with Crippen LogP contribution in [0.2, 0.25) is 0 Å². The van der Waals surface area contributed by atoms with Gasteiger partial charge in [0.25, 0.3) is 5.91 Å². The van der Waals surface area contributed by atoms with Gasteiger partial charge in [-0.3, -0.25) is 14.8 Å². The molecule has 1 amide bonds. The Hall–Kier alpha value is -2.41. The van der Waals surface area contributed by atoms with E-state index >= 15 is 0 Å². The first-order valence-corrected chi connectivity index (χ1v) is 8.57. The fourth-order valence-electron chi connectivity index (χ4n) is 2.85. The molecule has 1 saturated heterocycles. The molecule has 0 aliphatic carbocycles. The molecule has 0 aromatic carbocycles. The van der Waals surface area contributed by atoms with Gasteiger partial charge in [-0.2, -0.15) is 0 Å². The summed E-state index contributed by atoms with van der Waals surface area (Å²) in [5.74, 6) is 1.13. The summed E-state index contributed by atoms with van der Waals surface area (Å²) < 4.78 is 5.67. The van der Waals surface area contributed by atoms with Crippen molar-refractivity contribution in [1.29, 1.82) is 0 Å². The number of hydrogen-bond donors (Lipinski definition) is 0. The molecule has 1 aliphatic rings. The summed E-state index contributed by atoms with van der Waals surface area (Å²) in [5.41, 5.74) is 1.43. The molecular weight excluding hydrogens is 318 g/mol. The summed E-state index contributed by atoms with van der Waals surface area (Å²) in [6, 6.07) is 0. The van der Waals surface area contributed by atoms with Crippen LogP contribution in [0, 0.1) is 5.92 Å². The van der Waals surface area contributed by atoms with Crippen molar-refractivity contribution in [2.24, 2.45) is 5.92 Å². The fourth-order valence-corrected chi connectivity index (χ4v) is 2.85. The van der Waals surface area contributed by atoms with Crippen LogP contribution in [0.4, 0.5) is 0 Å². The normalized spacial score (nSPS) is 18.2. The second kappa shape index (κ2) is 8.11. The minimum absolute atomic E-state index is 0.0510. The van der Waals surface area contributed by atoms with Crippen molar-refractivity contribution >= 4 is 5.91 Å². The quantitative estimate of drug-likeness (QED) is 0.842. The van der Waals surface area contributed by atoms with E-state index in [1.54, 1.807) is 31.0 Å². The third-order valence-electron chi connectivity index (χ3n) is 4.17. The molecule has 132 valence electrons. The van der Waals surface area contributed by atoms with Crippen LogP contribution in [0.5, 0.6) is 0 Å². The largest absolute Gasteiger partial charge is 0.379 e. The van der Waals surface area contributed by atoms with Crippen LogP contribution in [0.3, 0.4) is 0 Å². The van der Waals surface area contributed by atoms with Gasteiger partial charge in [-0.1, -0.05) is 13.8 Å². The monoisotopic (exact) mass is 341 g/mol. The first kappa shape index (κ1) is 17.4. The summed E-state index contributed by atoms with van der Waals surface area (Å²) in [4.78, 5) is 31.6. The number of amides is 1. The number of hydrogen-bond acceptors (Lipinski definition) is 6. The number of ether oxygens (including phenoxy) is 1. The number of carbonyl (C=O) groups is 1. The molecule has 7 nitrogen and oxygen atoms in total. The molecule has 1 fully saturated rings. The molecule has 1 aliphatic heterocycles. The van der Waals surface area contributed by atoms with Gasteiger partial charge in [0.15, 0.2) is 0 Å². The molecule has 0 saturated carbocycles. The van der Waals surface area contributed by atoms with Crippen molar-refractivity contribution in [3.05, 3.63) is 48.1 Å². The van der Waals surface area contributed by atoms with Gasteiger partial charge in [-0.25, -0.2) is 9.97 Å². The maximum Gasteiger partial charge on any atom is 0.257 e. The summed E-state index contributed by atoms with van der Waals surface area (Å²) in [6.45, 7) is 6.40. The standard InChI is InChI=1S/C18H23N5O2/c1-13(2)17-21-8-15(9-22-17)18(24)23-5-6-25-12-14(11-23)7-16-10-19-3-4-20-16/h3-4,8-10,13-14H,5-7,11-12H2,1-2H3/t14-/m1/s1. The molecule has 2 aromatic rings. The number of aromatic nitrogens is 4. The summed E-state index contributed by atoms with van der Waals surface area (Å²) in [5, 5.41) is 0. The van der Waals surface area contributed by atoms with Gasteiger partial charge in [-0.15, -0.1) is 0 Å². The highest BCUT2D eigenvalue weighted by atomic mass is 16.5. The lowest BCUT2D eigenvalue weighted by molar-refractivity contribution is 0.0736. The Kier molecular flexibility index (Phi) is 5.65. The van der Waals surface area contributed by atoms with Gasteiger partial charge in [0.05, 0.1) is 24.5 Å². The van der Waals surface area contributed by atoms with E-state index in [9.17, 15) is 4.79 Å². The first-order valence-electron chi connectivity index (χ1n) is 8.57. The van der Waals surface area contributed by atoms with Crippen LogP contribution >= 0.6 is 0 Å². The lowest BCUT2D eigenvalue weighted by Crippen LogP contribution is -2.36. The fraction of sp³-hybridized carbons (Fsp3) is 0.500. The minimum Gasteiger partial charge on any atom is -0.379 e. The van der Waals surface area contributed by atoms with E-state index < -0.39 is 0 Å². The second-order valence-corrected chi connectivity index (χ2v) is 6.58. The Morgan fingerprint density at radius 2 is 2.04 bits per heavy atom. The Morgan fingerprint density at radius 1 is 1.24 bits per heavy atom. The predicted molar refractivity (Wildman–Crippen MR) is 92.1 cm³/mol. The molecular formula is C18H23N5O2. The Bertz CT molecular complexity index is 690. The van der Waals surface area contributed by atoms with Crippen molar-refractivity contribution in [3.63, 3.8) is 0 Å². The van der Waals surface area contributed by atoms with Crippen LogP contribution in [0.15, 0.2) is 31.0 Å². The van der Waals surface area contributed by atoms with E-state index in [4.69, 9.17) is 4.74 Å². The molecule has 1 atom stereocenters. The highest BCUT2D eigenvalue weighted by Crippen LogP contribution is 2.15. The van der Waals surface area contributed by atoms with E-state index in [0.29, 0.717) is 31.9 Å². The Balaban J connectivity index is 1.68. The molecule has 7 heteroatoms. The average Bonchev–Trinajstić information content (AvgIpc) is 2.87. The van der Waals surface area contributed by atoms with Gasteiger partial charge < -0.3 is 9.64 Å². The van der Waals surface area contributed by atoms with E-state index in [1.807, 2.05) is 18.7 Å². The topological polar surface area (TPSA) is 81.1 Å². The van der Waals surface area contributed by atoms with Crippen molar-refractivity contribution in [2.45, 2.75) is 26.2 Å². The van der Waals surface area contributed by atoms with Crippen LogP contribution < -0.4 is 0 Å². The van der Waals surface area contributed by atoms with E-state index in [1.165, 1.54) is 0 Å². The first-order chi connectivity index (χ1) is 12.1. The van der Waals surface area contributed by atoms with Crippen molar-refractivity contribution in [1.82, 2.24) is 24.8 Å². The van der Waals surface area contributed by atoms with Gasteiger partial charge in [0.1, 0.15) is 5.82 Å². The molecule has 3 heterocycles. The maximum absolute atomic E-state index is 12.8. The molecule has 25 heavy (non-hydrogen) atoms. The molecule has 2 aromatic heterocycles. The molecule has 0 radical (unpaired) electrons. The van der Waals surface area contributed by atoms with Crippen molar-refractivity contribution in [2.75, 3.05) is 26.3 Å². The van der Waals surface area contributed by atoms with E-state index in [0.717, 1.165) is 17.9 Å². The van der Waals surface area contributed by atoms with Crippen LogP contribution in [0.25, 0.3) is 0 Å². The zero-order valence-corrected chi connectivity index (χ0v) is 14.6. The zero-order valence-electron chi connectivity index (χ0n) is 14.6. The predicted octanol–water partition coefficient (Wildman–Crippen LogP) is 1.72. The van der Waals surface area contributed by atoms with E-state index in [2.05, 4.69) is 19.9 Å².